The number of methoxy groups -OCH3 is 1. The predicted octanol–water partition coefficient (Wildman–Crippen LogP) is 3.01. The van der Waals surface area contributed by atoms with Crippen LogP contribution in [-0.2, 0) is 11.3 Å². The number of ether oxygens (including phenoxy) is 2. The molecular weight excluding hydrogens is 314 g/mol. The van der Waals surface area contributed by atoms with E-state index >= 15 is 0 Å². The summed E-state index contributed by atoms with van der Waals surface area (Å²) in [6.07, 6.45) is 3.91. The number of aromatic nitrogens is 2. The van der Waals surface area contributed by atoms with E-state index < -0.39 is 0 Å². The maximum atomic E-state index is 6.26. The van der Waals surface area contributed by atoms with Crippen molar-refractivity contribution in [2.24, 2.45) is 0 Å². The second-order valence-corrected chi connectivity index (χ2v) is 6.19. The molecule has 1 fully saturated rings. The third-order valence-corrected chi connectivity index (χ3v) is 4.62. The lowest BCUT2D eigenvalue weighted by molar-refractivity contribution is -0.0497. The second kappa shape index (κ2) is 7.34. The number of halogens is 1. The summed E-state index contributed by atoms with van der Waals surface area (Å²) in [6, 6.07) is 8.21. The van der Waals surface area contributed by atoms with Gasteiger partial charge in [0, 0.05) is 31.5 Å². The first kappa shape index (κ1) is 16.3. The van der Waals surface area contributed by atoms with Crippen molar-refractivity contribution < 1.29 is 9.47 Å². The Kier molecular flexibility index (Phi) is 5.20. The molecule has 0 aliphatic carbocycles. The van der Waals surface area contributed by atoms with Gasteiger partial charge in [-0.3, -0.25) is 9.58 Å². The highest BCUT2D eigenvalue weighted by Gasteiger charge is 2.25. The number of morpholine rings is 1. The highest BCUT2D eigenvalue weighted by Crippen LogP contribution is 2.30. The standard InChI is InChI=1S/C17H22ClN3O2/c1-13(14-4-5-17(22-2)16(18)10-14)20-8-9-23-15(11-20)12-21-7-3-6-19-21/h3-7,10,13,15H,8-9,11-12H2,1-2H3/t13-,15-/m1/s1. The van der Waals surface area contributed by atoms with Crippen LogP contribution in [0.5, 0.6) is 5.75 Å². The third-order valence-electron chi connectivity index (χ3n) is 4.33. The Morgan fingerprint density at radius 3 is 3.04 bits per heavy atom. The molecule has 23 heavy (non-hydrogen) atoms. The van der Waals surface area contributed by atoms with Crippen LogP contribution >= 0.6 is 11.6 Å². The van der Waals surface area contributed by atoms with E-state index in [1.807, 2.05) is 29.1 Å². The molecule has 0 radical (unpaired) electrons. The molecule has 3 rings (SSSR count). The van der Waals surface area contributed by atoms with Gasteiger partial charge in [-0.25, -0.2) is 0 Å². The van der Waals surface area contributed by atoms with Crippen LogP contribution in [0.4, 0.5) is 0 Å². The van der Waals surface area contributed by atoms with E-state index in [9.17, 15) is 0 Å². The number of hydrogen-bond donors (Lipinski definition) is 0. The lowest BCUT2D eigenvalue weighted by Crippen LogP contribution is -2.45. The normalized spacial score (nSPS) is 20.4. The zero-order valence-corrected chi connectivity index (χ0v) is 14.2. The number of rotatable bonds is 5. The Morgan fingerprint density at radius 1 is 1.48 bits per heavy atom. The van der Waals surface area contributed by atoms with Crippen LogP contribution in [-0.4, -0.2) is 47.6 Å². The van der Waals surface area contributed by atoms with Crippen molar-refractivity contribution in [1.82, 2.24) is 14.7 Å². The van der Waals surface area contributed by atoms with E-state index in [1.54, 1.807) is 13.3 Å². The Labute approximate surface area is 141 Å². The third kappa shape index (κ3) is 3.86. The quantitative estimate of drug-likeness (QED) is 0.842. The topological polar surface area (TPSA) is 39.5 Å². The van der Waals surface area contributed by atoms with Gasteiger partial charge in [-0.2, -0.15) is 5.10 Å². The van der Waals surface area contributed by atoms with Crippen molar-refractivity contribution in [2.45, 2.75) is 25.6 Å². The lowest BCUT2D eigenvalue weighted by Gasteiger charge is -2.37. The summed E-state index contributed by atoms with van der Waals surface area (Å²) in [6.45, 7) is 5.51. The summed E-state index contributed by atoms with van der Waals surface area (Å²) >= 11 is 6.26. The average molecular weight is 336 g/mol. The van der Waals surface area contributed by atoms with Gasteiger partial charge in [0.25, 0.3) is 0 Å². The highest BCUT2D eigenvalue weighted by atomic mass is 35.5. The van der Waals surface area contributed by atoms with Crippen LogP contribution in [0.3, 0.4) is 0 Å². The van der Waals surface area contributed by atoms with Crippen molar-refractivity contribution >= 4 is 11.6 Å². The summed E-state index contributed by atoms with van der Waals surface area (Å²) in [4.78, 5) is 2.43. The first-order valence-electron chi connectivity index (χ1n) is 7.84. The van der Waals surface area contributed by atoms with Crippen molar-refractivity contribution in [3.63, 3.8) is 0 Å². The van der Waals surface area contributed by atoms with Gasteiger partial charge in [0.2, 0.25) is 0 Å². The van der Waals surface area contributed by atoms with E-state index in [4.69, 9.17) is 21.1 Å². The fourth-order valence-corrected chi connectivity index (χ4v) is 3.24. The van der Waals surface area contributed by atoms with Crippen molar-refractivity contribution in [3.05, 3.63) is 47.2 Å². The molecule has 1 aliphatic heterocycles. The van der Waals surface area contributed by atoms with Gasteiger partial charge in [0.05, 0.1) is 31.4 Å². The van der Waals surface area contributed by atoms with Gasteiger partial charge in [0.1, 0.15) is 5.75 Å². The van der Waals surface area contributed by atoms with Crippen LogP contribution in [0.2, 0.25) is 5.02 Å². The average Bonchev–Trinajstić information content (AvgIpc) is 3.07. The summed E-state index contributed by atoms with van der Waals surface area (Å²) in [5.41, 5.74) is 1.19. The smallest absolute Gasteiger partial charge is 0.137 e. The van der Waals surface area contributed by atoms with Crippen molar-refractivity contribution in [1.29, 1.82) is 0 Å². The van der Waals surface area contributed by atoms with E-state index in [2.05, 4.69) is 23.0 Å². The van der Waals surface area contributed by atoms with Gasteiger partial charge < -0.3 is 9.47 Å². The molecule has 1 aliphatic rings. The Morgan fingerprint density at radius 2 is 2.35 bits per heavy atom. The van der Waals surface area contributed by atoms with Gasteiger partial charge in [0.15, 0.2) is 0 Å². The Bertz CT molecular complexity index is 633. The highest BCUT2D eigenvalue weighted by molar-refractivity contribution is 6.32. The maximum absolute atomic E-state index is 6.26. The minimum absolute atomic E-state index is 0.153. The minimum atomic E-state index is 0.153. The molecule has 5 nitrogen and oxygen atoms in total. The Hall–Kier alpha value is -1.56. The summed E-state index contributed by atoms with van der Waals surface area (Å²) in [5.74, 6) is 0.709. The largest absolute Gasteiger partial charge is 0.495 e. The predicted molar refractivity (Wildman–Crippen MR) is 90.0 cm³/mol. The molecule has 2 heterocycles. The van der Waals surface area contributed by atoms with Crippen LogP contribution in [0, 0.1) is 0 Å². The van der Waals surface area contributed by atoms with Gasteiger partial charge in [-0.15, -0.1) is 0 Å². The van der Waals surface area contributed by atoms with Crippen LogP contribution in [0.15, 0.2) is 36.7 Å². The van der Waals surface area contributed by atoms with E-state index in [0.717, 1.165) is 26.2 Å². The fraction of sp³-hybridized carbons (Fsp3) is 0.471. The van der Waals surface area contributed by atoms with E-state index in [-0.39, 0.29) is 12.1 Å². The molecule has 2 aromatic rings. The summed E-state index contributed by atoms with van der Waals surface area (Å²) in [7, 11) is 1.63. The van der Waals surface area contributed by atoms with Gasteiger partial charge in [-0.1, -0.05) is 17.7 Å². The molecule has 1 aromatic carbocycles. The molecule has 1 saturated heterocycles. The Balaban J connectivity index is 1.66. The summed E-state index contributed by atoms with van der Waals surface area (Å²) in [5, 5.41) is 4.91. The molecule has 0 saturated carbocycles. The number of nitrogens with zero attached hydrogens (tertiary/aromatic N) is 3. The van der Waals surface area contributed by atoms with Crippen molar-refractivity contribution in [2.75, 3.05) is 26.8 Å². The molecule has 0 bridgehead atoms. The molecule has 1 aromatic heterocycles. The maximum Gasteiger partial charge on any atom is 0.137 e. The van der Waals surface area contributed by atoms with Gasteiger partial charge >= 0.3 is 0 Å². The molecule has 0 amide bonds. The first-order chi connectivity index (χ1) is 11.2. The molecular formula is C17H22ClN3O2. The van der Waals surface area contributed by atoms with Crippen molar-refractivity contribution in [3.8, 4) is 5.75 Å². The zero-order valence-electron chi connectivity index (χ0n) is 13.5. The van der Waals surface area contributed by atoms with Crippen LogP contribution < -0.4 is 4.74 Å². The van der Waals surface area contributed by atoms with E-state index in [0.29, 0.717) is 10.8 Å². The first-order valence-corrected chi connectivity index (χ1v) is 8.21. The van der Waals surface area contributed by atoms with Crippen LogP contribution in [0.25, 0.3) is 0 Å². The molecule has 0 unspecified atom stereocenters. The lowest BCUT2D eigenvalue weighted by atomic mass is 10.1. The minimum Gasteiger partial charge on any atom is -0.495 e. The fourth-order valence-electron chi connectivity index (χ4n) is 2.97. The zero-order chi connectivity index (χ0) is 16.2. The monoisotopic (exact) mass is 335 g/mol. The SMILES string of the molecule is COc1ccc([C@@H](C)N2CCO[C@@H](Cn3cccn3)C2)cc1Cl. The molecule has 0 N–H and O–H groups in total. The van der Waals surface area contributed by atoms with Gasteiger partial charge in [-0.05, 0) is 30.7 Å². The molecule has 124 valence electrons. The molecule has 6 heteroatoms. The molecule has 2 atom stereocenters. The number of hydrogen-bond acceptors (Lipinski definition) is 4. The van der Waals surface area contributed by atoms with Crippen LogP contribution in [0.1, 0.15) is 18.5 Å². The summed E-state index contributed by atoms with van der Waals surface area (Å²) < 4.78 is 13.0. The number of benzene rings is 1. The second-order valence-electron chi connectivity index (χ2n) is 5.79. The molecule has 0 spiro atoms. The van der Waals surface area contributed by atoms with E-state index in [1.165, 1.54) is 5.56 Å².